The van der Waals surface area contributed by atoms with Gasteiger partial charge in [0, 0.05) is 35.6 Å². The normalized spacial score (nSPS) is 34.6. The number of benzene rings is 1. The van der Waals surface area contributed by atoms with Gasteiger partial charge in [-0.3, -0.25) is 4.79 Å². The molecule has 2 aliphatic heterocycles. The van der Waals surface area contributed by atoms with Crippen LogP contribution in [0.5, 0.6) is 0 Å². The van der Waals surface area contributed by atoms with Crippen LogP contribution in [-0.2, 0) is 4.79 Å². The first-order chi connectivity index (χ1) is 10.2. The number of amides is 1. The number of rotatable bonds is 2. The second-order valence-electron chi connectivity index (χ2n) is 6.71. The average Bonchev–Trinajstić information content (AvgIpc) is 3.18. The molecule has 3 fully saturated rings. The van der Waals surface area contributed by atoms with E-state index in [1.165, 1.54) is 18.4 Å². The lowest BCUT2D eigenvalue weighted by Gasteiger charge is -2.24. The molecule has 0 radical (unpaired) electrons. The minimum atomic E-state index is 0.218. The van der Waals surface area contributed by atoms with Crippen LogP contribution in [0, 0.1) is 5.92 Å². The predicted octanol–water partition coefficient (Wildman–Crippen LogP) is 2.91. The van der Waals surface area contributed by atoms with Crippen LogP contribution >= 0.6 is 15.9 Å². The number of hydrogen-bond donors (Lipinski definition) is 1. The fraction of sp³-hybridized carbons (Fsp3) is 0.588. The summed E-state index contributed by atoms with van der Waals surface area (Å²) in [4.78, 5) is 14.9. The first-order valence-corrected chi connectivity index (χ1v) is 8.80. The van der Waals surface area contributed by atoms with Crippen molar-refractivity contribution in [2.45, 2.75) is 43.7 Å². The molecule has 4 unspecified atom stereocenters. The quantitative estimate of drug-likeness (QED) is 0.891. The molecule has 1 aromatic carbocycles. The van der Waals surface area contributed by atoms with Crippen molar-refractivity contribution in [2.75, 3.05) is 13.1 Å². The van der Waals surface area contributed by atoms with E-state index >= 15 is 0 Å². The largest absolute Gasteiger partial charge is 0.341 e. The van der Waals surface area contributed by atoms with Crippen molar-refractivity contribution in [3.8, 4) is 0 Å². The summed E-state index contributed by atoms with van der Waals surface area (Å²) in [7, 11) is 0. The van der Waals surface area contributed by atoms with Gasteiger partial charge in [0.05, 0.1) is 0 Å². The zero-order valence-electron chi connectivity index (χ0n) is 12.1. The van der Waals surface area contributed by atoms with Gasteiger partial charge >= 0.3 is 0 Å². The molecule has 4 atom stereocenters. The Morgan fingerprint density at radius 3 is 2.95 bits per heavy atom. The smallest absolute Gasteiger partial charge is 0.226 e. The van der Waals surface area contributed by atoms with E-state index in [1.807, 2.05) is 6.07 Å². The third-order valence-electron chi connectivity index (χ3n) is 5.22. The Kier molecular flexibility index (Phi) is 3.54. The number of hydrogen-bond acceptors (Lipinski definition) is 2. The SMILES string of the molecule is O=C(C1CC1c1cccc(Br)c1)N1CCC2CCC(C1)N2. The van der Waals surface area contributed by atoms with Crippen molar-refractivity contribution in [1.29, 1.82) is 0 Å². The highest BCUT2D eigenvalue weighted by Crippen LogP contribution is 2.49. The maximum atomic E-state index is 12.7. The van der Waals surface area contributed by atoms with E-state index < -0.39 is 0 Å². The molecule has 1 saturated carbocycles. The molecular weight excluding hydrogens is 328 g/mol. The Labute approximate surface area is 134 Å². The minimum absolute atomic E-state index is 0.218. The molecule has 3 nitrogen and oxygen atoms in total. The highest BCUT2D eigenvalue weighted by molar-refractivity contribution is 9.10. The number of likely N-dealkylation sites (tertiary alicyclic amines) is 1. The van der Waals surface area contributed by atoms with Gasteiger partial charge in [-0.15, -0.1) is 0 Å². The lowest BCUT2D eigenvalue weighted by molar-refractivity contribution is -0.132. The molecule has 1 N–H and O–H groups in total. The molecule has 1 aliphatic carbocycles. The zero-order valence-corrected chi connectivity index (χ0v) is 13.7. The summed E-state index contributed by atoms with van der Waals surface area (Å²) in [5, 5.41) is 3.65. The van der Waals surface area contributed by atoms with Gasteiger partial charge in [0.15, 0.2) is 0 Å². The van der Waals surface area contributed by atoms with Crippen molar-refractivity contribution >= 4 is 21.8 Å². The summed E-state index contributed by atoms with van der Waals surface area (Å²) in [6.45, 7) is 1.85. The van der Waals surface area contributed by atoms with Gasteiger partial charge in [-0.05, 0) is 49.3 Å². The maximum Gasteiger partial charge on any atom is 0.226 e. The van der Waals surface area contributed by atoms with Crippen LogP contribution in [0.4, 0.5) is 0 Å². The second-order valence-corrected chi connectivity index (χ2v) is 7.63. The molecule has 1 amide bonds. The average molecular weight is 349 g/mol. The van der Waals surface area contributed by atoms with Crippen LogP contribution < -0.4 is 5.32 Å². The predicted molar refractivity (Wildman–Crippen MR) is 86.1 cm³/mol. The number of carbonyl (C=O) groups is 1. The number of nitrogens with zero attached hydrogens (tertiary/aromatic N) is 1. The number of fused-ring (bicyclic) bond motifs is 2. The van der Waals surface area contributed by atoms with Crippen LogP contribution in [0.1, 0.15) is 37.2 Å². The van der Waals surface area contributed by atoms with E-state index in [2.05, 4.69) is 44.3 Å². The third kappa shape index (κ3) is 2.76. The Balaban J connectivity index is 1.42. The molecule has 112 valence electrons. The number of halogens is 1. The van der Waals surface area contributed by atoms with E-state index in [1.54, 1.807) is 0 Å². The molecule has 0 aromatic heterocycles. The van der Waals surface area contributed by atoms with E-state index in [0.717, 1.165) is 30.4 Å². The van der Waals surface area contributed by atoms with E-state index in [-0.39, 0.29) is 5.92 Å². The Morgan fingerprint density at radius 1 is 1.24 bits per heavy atom. The first kappa shape index (κ1) is 13.8. The van der Waals surface area contributed by atoms with Crippen molar-refractivity contribution in [1.82, 2.24) is 10.2 Å². The van der Waals surface area contributed by atoms with Crippen LogP contribution in [-0.4, -0.2) is 36.0 Å². The van der Waals surface area contributed by atoms with E-state index in [0.29, 0.717) is 23.9 Å². The van der Waals surface area contributed by atoms with Gasteiger partial charge in [0.25, 0.3) is 0 Å². The summed E-state index contributed by atoms with van der Waals surface area (Å²) in [5.74, 6) is 1.04. The van der Waals surface area contributed by atoms with E-state index in [4.69, 9.17) is 0 Å². The molecule has 4 heteroatoms. The molecule has 2 heterocycles. The summed E-state index contributed by atoms with van der Waals surface area (Å²) in [6.07, 6.45) is 4.66. The molecule has 21 heavy (non-hydrogen) atoms. The third-order valence-corrected chi connectivity index (χ3v) is 5.71. The highest BCUT2D eigenvalue weighted by Gasteiger charge is 2.46. The molecule has 2 saturated heterocycles. The van der Waals surface area contributed by atoms with Crippen LogP contribution in [0.3, 0.4) is 0 Å². The van der Waals surface area contributed by atoms with Crippen molar-refractivity contribution in [3.05, 3.63) is 34.3 Å². The summed E-state index contributed by atoms with van der Waals surface area (Å²) in [5.41, 5.74) is 1.30. The fourth-order valence-electron chi connectivity index (χ4n) is 3.95. The van der Waals surface area contributed by atoms with Crippen molar-refractivity contribution < 1.29 is 4.79 Å². The lowest BCUT2D eigenvalue weighted by atomic mass is 10.1. The van der Waals surface area contributed by atoms with Crippen molar-refractivity contribution in [3.63, 3.8) is 0 Å². The Bertz CT molecular complexity index is 561. The van der Waals surface area contributed by atoms with Gasteiger partial charge in [-0.1, -0.05) is 28.1 Å². The monoisotopic (exact) mass is 348 g/mol. The maximum absolute atomic E-state index is 12.7. The van der Waals surface area contributed by atoms with Crippen LogP contribution in [0.25, 0.3) is 0 Å². The highest BCUT2D eigenvalue weighted by atomic mass is 79.9. The molecule has 2 bridgehead atoms. The lowest BCUT2D eigenvalue weighted by Crippen LogP contribution is -2.40. The van der Waals surface area contributed by atoms with Crippen molar-refractivity contribution in [2.24, 2.45) is 5.92 Å². The van der Waals surface area contributed by atoms with Gasteiger partial charge < -0.3 is 10.2 Å². The number of carbonyl (C=O) groups excluding carboxylic acids is 1. The zero-order chi connectivity index (χ0) is 14.4. The van der Waals surface area contributed by atoms with Gasteiger partial charge in [0.1, 0.15) is 0 Å². The minimum Gasteiger partial charge on any atom is -0.341 e. The topological polar surface area (TPSA) is 32.3 Å². The molecular formula is C17H21BrN2O. The summed E-state index contributed by atoms with van der Waals surface area (Å²) >= 11 is 3.52. The Hall–Kier alpha value is -0.870. The summed E-state index contributed by atoms with van der Waals surface area (Å²) in [6, 6.07) is 9.59. The number of nitrogens with one attached hydrogen (secondary N) is 1. The van der Waals surface area contributed by atoms with E-state index in [9.17, 15) is 4.79 Å². The van der Waals surface area contributed by atoms with Gasteiger partial charge in [-0.2, -0.15) is 0 Å². The first-order valence-electron chi connectivity index (χ1n) is 8.01. The molecule has 0 spiro atoms. The molecule has 1 aromatic rings. The standard InChI is InChI=1S/C17H21BrN2O/c18-12-3-1-2-11(8-12)15-9-16(15)17(21)20-7-6-13-4-5-14(10-20)19-13/h1-3,8,13-16,19H,4-7,9-10H2. The molecule has 4 rings (SSSR count). The summed E-state index contributed by atoms with van der Waals surface area (Å²) < 4.78 is 1.11. The molecule has 3 aliphatic rings. The van der Waals surface area contributed by atoms with Crippen LogP contribution in [0.15, 0.2) is 28.7 Å². The Morgan fingerprint density at radius 2 is 2.10 bits per heavy atom. The second kappa shape index (κ2) is 5.40. The fourth-order valence-corrected chi connectivity index (χ4v) is 4.37. The van der Waals surface area contributed by atoms with Crippen LogP contribution in [0.2, 0.25) is 0 Å². The van der Waals surface area contributed by atoms with Gasteiger partial charge in [0.2, 0.25) is 5.91 Å². The van der Waals surface area contributed by atoms with Gasteiger partial charge in [-0.25, -0.2) is 0 Å².